The molecule has 1 saturated carbocycles. The van der Waals surface area contributed by atoms with Crippen molar-refractivity contribution in [3.8, 4) is 0 Å². The van der Waals surface area contributed by atoms with Crippen molar-refractivity contribution in [1.82, 2.24) is 15.1 Å². The van der Waals surface area contributed by atoms with Crippen LogP contribution < -0.4 is 5.32 Å². The fourth-order valence-electron chi connectivity index (χ4n) is 2.00. The molecule has 1 N–H and O–H groups in total. The van der Waals surface area contributed by atoms with Gasteiger partial charge in [-0.05, 0) is 39.7 Å². The van der Waals surface area contributed by atoms with Crippen molar-refractivity contribution >= 4 is 6.09 Å². The minimum Gasteiger partial charge on any atom is -0.444 e. The van der Waals surface area contributed by atoms with Crippen LogP contribution in [0.5, 0.6) is 0 Å². The van der Waals surface area contributed by atoms with E-state index < -0.39 is 5.60 Å². The maximum absolute atomic E-state index is 11.9. The van der Waals surface area contributed by atoms with Crippen molar-refractivity contribution < 1.29 is 14.3 Å². The highest BCUT2D eigenvalue weighted by atomic mass is 16.6. The van der Waals surface area contributed by atoms with Crippen molar-refractivity contribution in [3.63, 3.8) is 0 Å². The van der Waals surface area contributed by atoms with E-state index in [1.54, 1.807) is 7.11 Å². The maximum Gasteiger partial charge on any atom is 0.408 e. The zero-order valence-electron chi connectivity index (χ0n) is 12.6. The Balaban J connectivity index is 1.97. The van der Waals surface area contributed by atoms with Gasteiger partial charge in [-0.1, -0.05) is 0 Å². The second-order valence-corrected chi connectivity index (χ2v) is 6.17. The Labute approximate surface area is 119 Å². The van der Waals surface area contributed by atoms with E-state index in [9.17, 15) is 4.79 Å². The molecule has 2 rings (SSSR count). The highest BCUT2D eigenvalue weighted by Crippen LogP contribution is 2.44. The fourth-order valence-corrected chi connectivity index (χ4v) is 2.00. The van der Waals surface area contributed by atoms with Crippen LogP contribution >= 0.6 is 0 Å². The first-order valence-electron chi connectivity index (χ1n) is 6.89. The standard InChI is InChI=1S/C14H23N3O3/c1-13(2,3)20-12(18)15-14(6-7-14)11-5-8-17(16-11)9-10-19-4/h5,8H,6-7,9-10H2,1-4H3,(H,15,18). The first-order chi connectivity index (χ1) is 9.35. The summed E-state index contributed by atoms with van der Waals surface area (Å²) in [6.45, 7) is 6.88. The third-order valence-corrected chi connectivity index (χ3v) is 3.15. The smallest absolute Gasteiger partial charge is 0.408 e. The molecule has 1 heterocycles. The van der Waals surface area contributed by atoms with E-state index in [0.29, 0.717) is 13.2 Å². The van der Waals surface area contributed by atoms with E-state index in [0.717, 1.165) is 18.5 Å². The van der Waals surface area contributed by atoms with Gasteiger partial charge in [0.1, 0.15) is 5.60 Å². The number of nitrogens with zero attached hydrogens (tertiary/aromatic N) is 2. The average molecular weight is 281 g/mol. The number of ether oxygens (including phenoxy) is 2. The van der Waals surface area contributed by atoms with Gasteiger partial charge in [0.15, 0.2) is 0 Å². The highest BCUT2D eigenvalue weighted by molar-refractivity contribution is 5.69. The Morgan fingerprint density at radius 1 is 1.50 bits per heavy atom. The van der Waals surface area contributed by atoms with Crippen LogP contribution in [0.3, 0.4) is 0 Å². The van der Waals surface area contributed by atoms with Gasteiger partial charge in [-0.3, -0.25) is 4.68 Å². The van der Waals surface area contributed by atoms with Gasteiger partial charge in [-0.15, -0.1) is 0 Å². The van der Waals surface area contributed by atoms with E-state index in [1.165, 1.54) is 0 Å². The van der Waals surface area contributed by atoms with Crippen LogP contribution in [0, 0.1) is 0 Å². The number of rotatable bonds is 5. The minimum absolute atomic E-state index is 0.347. The van der Waals surface area contributed by atoms with Crippen LogP contribution in [0.2, 0.25) is 0 Å². The molecule has 1 aromatic heterocycles. The molecule has 0 atom stereocenters. The van der Waals surface area contributed by atoms with E-state index >= 15 is 0 Å². The zero-order valence-corrected chi connectivity index (χ0v) is 12.6. The summed E-state index contributed by atoms with van der Waals surface area (Å²) in [6, 6.07) is 1.94. The Morgan fingerprint density at radius 2 is 2.20 bits per heavy atom. The van der Waals surface area contributed by atoms with Crippen molar-refractivity contribution in [2.24, 2.45) is 0 Å². The molecule has 0 saturated heterocycles. The number of hydrogen-bond acceptors (Lipinski definition) is 4. The molecule has 0 aromatic carbocycles. The van der Waals surface area contributed by atoms with Gasteiger partial charge in [0, 0.05) is 13.3 Å². The number of methoxy groups -OCH3 is 1. The van der Waals surface area contributed by atoms with Gasteiger partial charge in [-0.25, -0.2) is 4.79 Å². The molecule has 1 fully saturated rings. The van der Waals surface area contributed by atoms with Crippen molar-refractivity contribution in [3.05, 3.63) is 18.0 Å². The summed E-state index contributed by atoms with van der Waals surface area (Å²) in [5.41, 5.74) is 0.0537. The molecule has 1 amide bonds. The molecule has 112 valence electrons. The number of aromatic nitrogens is 2. The number of carbonyl (C=O) groups excluding carboxylic acids is 1. The van der Waals surface area contributed by atoms with Crippen LogP contribution in [-0.2, 0) is 21.6 Å². The summed E-state index contributed by atoms with van der Waals surface area (Å²) in [7, 11) is 1.66. The average Bonchev–Trinajstić information content (AvgIpc) is 2.93. The topological polar surface area (TPSA) is 65.4 Å². The van der Waals surface area contributed by atoms with Crippen LogP contribution in [0.25, 0.3) is 0 Å². The van der Waals surface area contributed by atoms with E-state index in [1.807, 2.05) is 37.7 Å². The van der Waals surface area contributed by atoms with E-state index in [2.05, 4.69) is 10.4 Å². The van der Waals surface area contributed by atoms with Crippen molar-refractivity contribution in [2.45, 2.75) is 51.3 Å². The molecule has 6 nitrogen and oxygen atoms in total. The molecule has 0 aliphatic heterocycles. The molecule has 0 radical (unpaired) electrons. The number of amides is 1. The molecular weight excluding hydrogens is 258 g/mol. The third kappa shape index (κ3) is 3.72. The first-order valence-corrected chi connectivity index (χ1v) is 6.89. The Kier molecular flexibility index (Phi) is 4.04. The summed E-state index contributed by atoms with van der Waals surface area (Å²) in [5, 5.41) is 7.44. The number of nitrogens with one attached hydrogen (secondary N) is 1. The SMILES string of the molecule is COCCn1ccc(C2(NC(=O)OC(C)(C)C)CC2)n1. The summed E-state index contributed by atoms with van der Waals surface area (Å²) >= 11 is 0. The van der Waals surface area contributed by atoms with Crippen molar-refractivity contribution in [2.75, 3.05) is 13.7 Å². The monoisotopic (exact) mass is 281 g/mol. The second kappa shape index (κ2) is 5.44. The molecule has 0 bridgehead atoms. The third-order valence-electron chi connectivity index (χ3n) is 3.15. The van der Waals surface area contributed by atoms with Crippen LogP contribution in [0.1, 0.15) is 39.3 Å². The molecule has 1 aromatic rings. The normalized spacial score (nSPS) is 16.8. The Bertz CT molecular complexity index is 472. The summed E-state index contributed by atoms with van der Waals surface area (Å²) < 4.78 is 12.2. The molecule has 20 heavy (non-hydrogen) atoms. The Hall–Kier alpha value is -1.56. The van der Waals surface area contributed by atoms with Gasteiger partial charge in [0.2, 0.25) is 0 Å². The second-order valence-electron chi connectivity index (χ2n) is 6.17. The summed E-state index contributed by atoms with van der Waals surface area (Å²) in [6.07, 6.45) is 3.31. The highest BCUT2D eigenvalue weighted by Gasteiger charge is 2.48. The zero-order chi connectivity index (χ0) is 14.8. The molecule has 1 aliphatic carbocycles. The van der Waals surface area contributed by atoms with Crippen LogP contribution in [0.4, 0.5) is 4.79 Å². The largest absolute Gasteiger partial charge is 0.444 e. The summed E-state index contributed by atoms with van der Waals surface area (Å²) in [4.78, 5) is 11.9. The number of alkyl carbamates (subject to hydrolysis) is 1. The predicted octanol–water partition coefficient (Wildman–Crippen LogP) is 2.04. The van der Waals surface area contributed by atoms with E-state index in [4.69, 9.17) is 9.47 Å². The number of carbonyl (C=O) groups is 1. The molecule has 6 heteroatoms. The van der Waals surface area contributed by atoms with Gasteiger partial charge in [0.25, 0.3) is 0 Å². The van der Waals surface area contributed by atoms with Crippen molar-refractivity contribution in [1.29, 1.82) is 0 Å². The summed E-state index contributed by atoms with van der Waals surface area (Å²) in [5.74, 6) is 0. The fraction of sp³-hybridized carbons (Fsp3) is 0.714. The Morgan fingerprint density at radius 3 is 2.75 bits per heavy atom. The van der Waals surface area contributed by atoms with Gasteiger partial charge in [0.05, 0.1) is 24.4 Å². The lowest BCUT2D eigenvalue weighted by Gasteiger charge is -2.22. The molecule has 0 spiro atoms. The van der Waals surface area contributed by atoms with Gasteiger partial charge in [-0.2, -0.15) is 5.10 Å². The van der Waals surface area contributed by atoms with Gasteiger partial charge >= 0.3 is 6.09 Å². The lowest BCUT2D eigenvalue weighted by molar-refractivity contribution is 0.0493. The lowest BCUT2D eigenvalue weighted by Crippen LogP contribution is -2.39. The quantitative estimate of drug-likeness (QED) is 0.897. The van der Waals surface area contributed by atoms with Crippen LogP contribution in [0.15, 0.2) is 12.3 Å². The molecule has 1 aliphatic rings. The first kappa shape index (κ1) is 14.8. The van der Waals surface area contributed by atoms with Crippen LogP contribution in [-0.4, -0.2) is 35.2 Å². The van der Waals surface area contributed by atoms with E-state index in [-0.39, 0.29) is 11.6 Å². The molecular formula is C14H23N3O3. The molecule has 0 unspecified atom stereocenters. The van der Waals surface area contributed by atoms with Gasteiger partial charge < -0.3 is 14.8 Å². The predicted molar refractivity (Wildman–Crippen MR) is 74.4 cm³/mol. The lowest BCUT2D eigenvalue weighted by atomic mass is 10.2. The minimum atomic E-state index is -0.488. The number of hydrogen-bond donors (Lipinski definition) is 1. The maximum atomic E-state index is 11.9.